The van der Waals surface area contributed by atoms with Crippen LogP contribution in [-0.2, 0) is 22.4 Å². The van der Waals surface area contributed by atoms with E-state index in [0.29, 0.717) is 11.3 Å². The van der Waals surface area contributed by atoms with Crippen molar-refractivity contribution in [1.82, 2.24) is 4.98 Å². The summed E-state index contributed by atoms with van der Waals surface area (Å²) in [5.41, 5.74) is 3.86. The van der Waals surface area contributed by atoms with E-state index >= 15 is 0 Å². The highest BCUT2D eigenvalue weighted by atomic mass is 79.9. The molecule has 0 atom stereocenters. The van der Waals surface area contributed by atoms with E-state index in [9.17, 15) is 9.59 Å². The summed E-state index contributed by atoms with van der Waals surface area (Å²) in [5, 5.41) is 3.52. The Morgan fingerprint density at radius 1 is 1.07 bits per heavy atom. The largest absolute Gasteiger partial charge is 0.452 e. The number of hydrogen-bond donors (Lipinski definition) is 1. The first-order valence-electron chi connectivity index (χ1n) is 9.35. The van der Waals surface area contributed by atoms with Gasteiger partial charge in [0.1, 0.15) is 0 Å². The molecule has 1 aliphatic carbocycles. The predicted molar refractivity (Wildman–Crippen MR) is 119 cm³/mol. The van der Waals surface area contributed by atoms with Crippen LogP contribution in [0.3, 0.4) is 0 Å². The minimum absolute atomic E-state index is 0.354. The van der Waals surface area contributed by atoms with Crippen molar-refractivity contribution in [2.24, 2.45) is 0 Å². The van der Waals surface area contributed by atoms with Crippen molar-refractivity contribution in [3.63, 3.8) is 0 Å². The Balaban J connectivity index is 1.54. The predicted octanol–water partition coefficient (Wildman–Crippen LogP) is 5.43. The molecule has 1 N–H and O–H groups in total. The number of carbonyl (C=O) groups is 2. The fourth-order valence-corrected chi connectivity index (χ4v) is 4.73. The van der Waals surface area contributed by atoms with Crippen LogP contribution in [0.2, 0.25) is 0 Å². The summed E-state index contributed by atoms with van der Waals surface area (Å²) >= 11 is 6.77. The molecule has 1 aliphatic rings. The average Bonchev–Trinajstić information content (AvgIpc) is 2.72. The summed E-state index contributed by atoms with van der Waals surface area (Å²) in [6.45, 7) is -0.354. The van der Waals surface area contributed by atoms with Gasteiger partial charge < -0.3 is 10.1 Å². The number of aryl methyl sites for hydroxylation is 1. The number of rotatable bonds is 4. The van der Waals surface area contributed by atoms with Crippen molar-refractivity contribution >= 4 is 60.3 Å². The number of ether oxygens (including phenoxy) is 1. The second kappa shape index (κ2) is 8.63. The lowest BCUT2D eigenvalue weighted by Gasteiger charge is -2.20. The molecule has 4 rings (SSSR count). The highest BCUT2D eigenvalue weighted by Gasteiger charge is 2.24. The van der Waals surface area contributed by atoms with Gasteiger partial charge in [0.2, 0.25) is 0 Å². The Hall–Kier alpha value is -2.25. The first-order chi connectivity index (χ1) is 14.0. The van der Waals surface area contributed by atoms with Gasteiger partial charge in [-0.25, -0.2) is 4.79 Å². The number of anilines is 1. The molecule has 0 aliphatic heterocycles. The highest BCUT2D eigenvalue weighted by molar-refractivity contribution is 9.11. The first kappa shape index (κ1) is 20.0. The van der Waals surface area contributed by atoms with E-state index in [-0.39, 0.29) is 6.61 Å². The number of esters is 1. The zero-order valence-electron chi connectivity index (χ0n) is 15.5. The molecule has 5 nitrogen and oxygen atoms in total. The molecule has 0 unspecified atom stereocenters. The standard InChI is InChI=1S/C22H18Br2N2O3/c23-13-9-10-19(16(24)11-13)26-20(27)12-29-22(28)21-14-5-1-3-7-17(14)25-18-8-4-2-6-15(18)21/h1,3,5,7,9-11H,2,4,6,8,12H2,(H,26,27). The van der Waals surface area contributed by atoms with Gasteiger partial charge in [-0.1, -0.05) is 34.1 Å². The number of pyridine rings is 1. The lowest BCUT2D eigenvalue weighted by atomic mass is 9.90. The molecule has 0 saturated carbocycles. The van der Waals surface area contributed by atoms with Crippen molar-refractivity contribution < 1.29 is 14.3 Å². The average molecular weight is 518 g/mol. The number of fused-ring (bicyclic) bond motifs is 2. The molecule has 1 heterocycles. The third-order valence-electron chi connectivity index (χ3n) is 4.91. The zero-order valence-corrected chi connectivity index (χ0v) is 18.7. The Bertz CT molecular complexity index is 1110. The topological polar surface area (TPSA) is 68.3 Å². The van der Waals surface area contributed by atoms with E-state index in [1.807, 2.05) is 36.4 Å². The molecule has 29 heavy (non-hydrogen) atoms. The highest BCUT2D eigenvalue weighted by Crippen LogP contribution is 2.30. The van der Waals surface area contributed by atoms with Gasteiger partial charge in [0.25, 0.3) is 5.91 Å². The van der Waals surface area contributed by atoms with Crippen LogP contribution < -0.4 is 5.32 Å². The number of nitrogens with zero attached hydrogens (tertiary/aromatic N) is 1. The summed E-state index contributed by atoms with van der Waals surface area (Å²) in [6.07, 6.45) is 3.75. The molecule has 7 heteroatoms. The van der Waals surface area contributed by atoms with Crippen molar-refractivity contribution in [3.05, 3.63) is 68.2 Å². The number of amides is 1. The summed E-state index contributed by atoms with van der Waals surface area (Å²) in [7, 11) is 0. The van der Waals surface area contributed by atoms with Crippen molar-refractivity contribution in [2.45, 2.75) is 25.7 Å². The van der Waals surface area contributed by atoms with Gasteiger partial charge in [-0.05, 0) is 71.4 Å². The van der Waals surface area contributed by atoms with Gasteiger partial charge in [0, 0.05) is 20.0 Å². The number of aromatic nitrogens is 1. The molecular weight excluding hydrogens is 500 g/mol. The molecule has 0 radical (unpaired) electrons. The number of carbonyl (C=O) groups excluding carboxylic acids is 2. The maximum Gasteiger partial charge on any atom is 0.339 e. The smallest absolute Gasteiger partial charge is 0.339 e. The number of hydrogen-bond acceptors (Lipinski definition) is 4. The monoisotopic (exact) mass is 516 g/mol. The summed E-state index contributed by atoms with van der Waals surface area (Å²) in [6, 6.07) is 13.0. The van der Waals surface area contributed by atoms with Crippen LogP contribution in [0.4, 0.5) is 5.69 Å². The van der Waals surface area contributed by atoms with E-state index in [0.717, 1.165) is 56.8 Å². The molecule has 1 aromatic heterocycles. The van der Waals surface area contributed by atoms with Gasteiger partial charge in [0.05, 0.1) is 16.8 Å². The van der Waals surface area contributed by atoms with Gasteiger partial charge in [-0.15, -0.1) is 0 Å². The molecule has 2 aromatic carbocycles. The van der Waals surface area contributed by atoms with E-state index in [2.05, 4.69) is 37.2 Å². The third-order valence-corrected chi connectivity index (χ3v) is 6.06. The number of halogens is 2. The fraction of sp³-hybridized carbons (Fsp3) is 0.227. The normalized spacial score (nSPS) is 13.0. The SMILES string of the molecule is O=C(COC(=O)c1c2c(nc3ccccc13)CCCC2)Nc1ccc(Br)cc1Br. The first-order valence-corrected chi connectivity index (χ1v) is 10.9. The van der Waals surface area contributed by atoms with Gasteiger partial charge in [-0.2, -0.15) is 0 Å². The molecule has 0 saturated heterocycles. The van der Waals surface area contributed by atoms with Gasteiger partial charge >= 0.3 is 5.97 Å². The maximum atomic E-state index is 13.0. The van der Waals surface area contributed by atoms with E-state index < -0.39 is 11.9 Å². The fourth-order valence-electron chi connectivity index (χ4n) is 3.59. The maximum absolute atomic E-state index is 13.0. The second-order valence-electron chi connectivity index (χ2n) is 6.88. The van der Waals surface area contributed by atoms with Crippen LogP contribution >= 0.6 is 31.9 Å². The van der Waals surface area contributed by atoms with E-state index in [4.69, 9.17) is 9.72 Å². The molecule has 1 amide bonds. The number of nitrogens with one attached hydrogen (secondary N) is 1. The lowest BCUT2D eigenvalue weighted by Crippen LogP contribution is -2.22. The summed E-state index contributed by atoms with van der Waals surface area (Å²) in [4.78, 5) is 30.0. The second-order valence-corrected chi connectivity index (χ2v) is 8.65. The van der Waals surface area contributed by atoms with E-state index in [1.165, 1.54) is 0 Å². The Kier molecular flexibility index (Phi) is 5.96. The molecule has 0 fully saturated rings. The molecule has 0 spiro atoms. The lowest BCUT2D eigenvalue weighted by molar-refractivity contribution is -0.119. The molecule has 148 valence electrons. The van der Waals surface area contributed by atoms with Crippen molar-refractivity contribution in [1.29, 1.82) is 0 Å². The molecular formula is C22H18Br2N2O3. The van der Waals surface area contributed by atoms with Crippen molar-refractivity contribution in [2.75, 3.05) is 11.9 Å². The third kappa shape index (κ3) is 4.36. The quantitative estimate of drug-likeness (QED) is 0.468. The van der Waals surface area contributed by atoms with Crippen LogP contribution in [0.25, 0.3) is 10.9 Å². The van der Waals surface area contributed by atoms with Gasteiger partial charge in [0.15, 0.2) is 6.61 Å². The molecule has 3 aromatic rings. The van der Waals surface area contributed by atoms with Crippen molar-refractivity contribution in [3.8, 4) is 0 Å². The number of benzene rings is 2. The van der Waals surface area contributed by atoms with Gasteiger partial charge in [-0.3, -0.25) is 9.78 Å². The van der Waals surface area contributed by atoms with Crippen LogP contribution in [0.1, 0.15) is 34.5 Å². The summed E-state index contributed by atoms with van der Waals surface area (Å²) < 4.78 is 7.03. The van der Waals surface area contributed by atoms with Crippen LogP contribution in [-0.4, -0.2) is 23.5 Å². The Morgan fingerprint density at radius 2 is 1.86 bits per heavy atom. The number of para-hydroxylation sites is 1. The minimum atomic E-state index is -0.480. The Morgan fingerprint density at radius 3 is 2.69 bits per heavy atom. The molecule has 0 bridgehead atoms. The zero-order chi connectivity index (χ0) is 20.4. The van der Waals surface area contributed by atoms with Crippen LogP contribution in [0, 0.1) is 0 Å². The Labute approximate surface area is 185 Å². The van der Waals surface area contributed by atoms with Crippen LogP contribution in [0.15, 0.2) is 51.4 Å². The minimum Gasteiger partial charge on any atom is -0.452 e. The van der Waals surface area contributed by atoms with Crippen LogP contribution in [0.5, 0.6) is 0 Å². The summed E-state index contributed by atoms with van der Waals surface area (Å²) in [5.74, 6) is -0.875. The van der Waals surface area contributed by atoms with E-state index in [1.54, 1.807) is 6.07 Å².